The van der Waals surface area contributed by atoms with Crippen molar-refractivity contribution < 1.29 is 9.84 Å². The second kappa shape index (κ2) is 6.17. The number of hydrogen-bond acceptors (Lipinski definition) is 3. The summed E-state index contributed by atoms with van der Waals surface area (Å²) >= 11 is 0. The minimum Gasteiger partial charge on any atom is -0.385 e. The van der Waals surface area contributed by atoms with Gasteiger partial charge in [-0.3, -0.25) is 4.68 Å². The Hall–Kier alpha value is -0.870. The molecular weight excluding hydrogens is 216 g/mol. The summed E-state index contributed by atoms with van der Waals surface area (Å²) in [7, 11) is 0. The van der Waals surface area contributed by atoms with Crippen molar-refractivity contribution in [3.05, 3.63) is 18.0 Å². The lowest BCUT2D eigenvalue weighted by Gasteiger charge is -2.32. The van der Waals surface area contributed by atoms with E-state index in [1.807, 2.05) is 31.6 Å². The molecule has 0 aromatic carbocycles. The Labute approximate surface area is 104 Å². The lowest BCUT2D eigenvalue weighted by Crippen LogP contribution is -2.35. The van der Waals surface area contributed by atoms with Gasteiger partial charge in [-0.15, -0.1) is 0 Å². The third-order valence-electron chi connectivity index (χ3n) is 3.18. The number of aliphatic hydroxyl groups is 1. The molecule has 1 heterocycles. The van der Waals surface area contributed by atoms with E-state index in [-0.39, 0.29) is 0 Å². The highest BCUT2D eigenvalue weighted by atomic mass is 16.5. The van der Waals surface area contributed by atoms with E-state index in [1.165, 1.54) is 0 Å². The molecule has 1 aromatic rings. The number of ether oxygens (including phenoxy) is 1. The zero-order chi connectivity index (χ0) is 12.9. The average molecular weight is 240 g/mol. The first-order chi connectivity index (χ1) is 8.07. The van der Waals surface area contributed by atoms with Crippen molar-refractivity contribution >= 4 is 0 Å². The lowest BCUT2D eigenvalue weighted by molar-refractivity contribution is -0.113. The molecule has 4 heteroatoms. The second-order valence-electron chi connectivity index (χ2n) is 4.54. The maximum Gasteiger partial charge on any atom is 0.111 e. The second-order valence-corrected chi connectivity index (χ2v) is 4.54. The van der Waals surface area contributed by atoms with Crippen LogP contribution in [0.5, 0.6) is 0 Å². The number of aromatic nitrogens is 2. The molecule has 17 heavy (non-hydrogen) atoms. The molecule has 0 bridgehead atoms. The van der Waals surface area contributed by atoms with Crippen LogP contribution in [0.3, 0.4) is 0 Å². The molecule has 0 radical (unpaired) electrons. The van der Waals surface area contributed by atoms with Crippen molar-refractivity contribution in [2.24, 2.45) is 0 Å². The van der Waals surface area contributed by atoms with Gasteiger partial charge in [0.2, 0.25) is 0 Å². The number of aryl methyl sites for hydroxylation is 1. The van der Waals surface area contributed by atoms with Crippen LogP contribution in [0.2, 0.25) is 0 Å². The van der Waals surface area contributed by atoms with Gasteiger partial charge in [0.15, 0.2) is 0 Å². The molecule has 0 saturated heterocycles. The van der Waals surface area contributed by atoms with E-state index in [0.717, 1.165) is 24.9 Å². The molecule has 0 aliphatic carbocycles. The van der Waals surface area contributed by atoms with Crippen LogP contribution in [0.1, 0.15) is 52.2 Å². The molecule has 1 rings (SSSR count). The van der Waals surface area contributed by atoms with Gasteiger partial charge in [0.1, 0.15) is 6.10 Å². The monoisotopic (exact) mass is 240 g/mol. The maximum absolute atomic E-state index is 10.4. The van der Waals surface area contributed by atoms with Gasteiger partial charge in [-0.1, -0.05) is 13.8 Å². The molecule has 0 fully saturated rings. The average Bonchev–Trinajstić information content (AvgIpc) is 2.77. The summed E-state index contributed by atoms with van der Waals surface area (Å²) in [6.45, 7) is 9.50. The number of rotatable bonds is 7. The van der Waals surface area contributed by atoms with E-state index in [1.54, 1.807) is 6.20 Å². The standard InChI is InChI=1S/C13H24N2O2/c1-5-8-15-10-11(9-14-15)12(16)13(4,6-2)17-7-3/h9-10,12,16H,5-8H2,1-4H3. The zero-order valence-corrected chi connectivity index (χ0v) is 11.3. The van der Waals surface area contributed by atoms with Gasteiger partial charge in [-0.2, -0.15) is 5.10 Å². The van der Waals surface area contributed by atoms with Crippen LogP contribution < -0.4 is 0 Å². The fourth-order valence-corrected chi connectivity index (χ4v) is 1.93. The van der Waals surface area contributed by atoms with Crippen LogP contribution in [0.4, 0.5) is 0 Å². The molecule has 0 amide bonds. The number of nitrogens with zero attached hydrogens (tertiary/aromatic N) is 2. The van der Waals surface area contributed by atoms with Gasteiger partial charge in [0.05, 0.1) is 11.8 Å². The van der Waals surface area contributed by atoms with Crippen LogP contribution in [0.25, 0.3) is 0 Å². The van der Waals surface area contributed by atoms with Gasteiger partial charge >= 0.3 is 0 Å². The first-order valence-electron chi connectivity index (χ1n) is 6.41. The normalized spacial score (nSPS) is 16.8. The van der Waals surface area contributed by atoms with E-state index in [0.29, 0.717) is 6.61 Å². The highest BCUT2D eigenvalue weighted by Crippen LogP contribution is 2.31. The van der Waals surface area contributed by atoms with Gasteiger partial charge in [0, 0.05) is 24.9 Å². The summed E-state index contributed by atoms with van der Waals surface area (Å²) in [4.78, 5) is 0. The Morgan fingerprint density at radius 3 is 2.71 bits per heavy atom. The molecule has 1 aromatic heterocycles. The number of hydrogen-bond donors (Lipinski definition) is 1. The first-order valence-corrected chi connectivity index (χ1v) is 6.41. The summed E-state index contributed by atoms with van der Waals surface area (Å²) in [6.07, 6.45) is 4.81. The summed E-state index contributed by atoms with van der Waals surface area (Å²) < 4.78 is 7.54. The van der Waals surface area contributed by atoms with E-state index in [9.17, 15) is 5.11 Å². The molecule has 4 nitrogen and oxygen atoms in total. The van der Waals surface area contributed by atoms with Crippen molar-refractivity contribution in [1.82, 2.24) is 9.78 Å². The predicted molar refractivity (Wildman–Crippen MR) is 67.8 cm³/mol. The molecule has 2 atom stereocenters. The summed E-state index contributed by atoms with van der Waals surface area (Å²) in [5.41, 5.74) is 0.297. The maximum atomic E-state index is 10.4. The van der Waals surface area contributed by atoms with Crippen molar-refractivity contribution in [1.29, 1.82) is 0 Å². The Bertz CT molecular complexity index is 338. The largest absolute Gasteiger partial charge is 0.385 e. The first kappa shape index (κ1) is 14.2. The Morgan fingerprint density at radius 2 is 2.18 bits per heavy atom. The van der Waals surface area contributed by atoms with Crippen molar-refractivity contribution in [3.8, 4) is 0 Å². The summed E-state index contributed by atoms with van der Waals surface area (Å²) in [5.74, 6) is 0. The highest BCUT2D eigenvalue weighted by molar-refractivity contribution is 5.12. The molecule has 0 aliphatic rings. The molecule has 0 aliphatic heterocycles. The quantitative estimate of drug-likeness (QED) is 0.796. The Morgan fingerprint density at radius 1 is 1.47 bits per heavy atom. The molecule has 1 N–H and O–H groups in total. The smallest absolute Gasteiger partial charge is 0.111 e. The minimum absolute atomic E-state index is 0.533. The summed E-state index contributed by atoms with van der Waals surface area (Å²) in [5, 5.41) is 14.6. The lowest BCUT2D eigenvalue weighted by atomic mass is 9.92. The van der Waals surface area contributed by atoms with Gasteiger partial charge in [0.25, 0.3) is 0 Å². The molecule has 0 spiro atoms. The van der Waals surface area contributed by atoms with Crippen LogP contribution in [0, 0.1) is 0 Å². The van der Waals surface area contributed by atoms with E-state index in [2.05, 4.69) is 12.0 Å². The summed E-state index contributed by atoms with van der Waals surface area (Å²) in [6, 6.07) is 0. The van der Waals surface area contributed by atoms with Gasteiger partial charge in [-0.25, -0.2) is 0 Å². The predicted octanol–water partition coefficient (Wildman–Crippen LogP) is 2.53. The van der Waals surface area contributed by atoms with Crippen LogP contribution >= 0.6 is 0 Å². The van der Waals surface area contributed by atoms with Crippen molar-refractivity contribution in [2.75, 3.05) is 6.61 Å². The van der Waals surface area contributed by atoms with Crippen molar-refractivity contribution in [2.45, 2.75) is 58.8 Å². The van der Waals surface area contributed by atoms with E-state index >= 15 is 0 Å². The van der Waals surface area contributed by atoms with E-state index < -0.39 is 11.7 Å². The third-order valence-corrected chi connectivity index (χ3v) is 3.18. The third kappa shape index (κ3) is 3.30. The van der Waals surface area contributed by atoms with Crippen LogP contribution in [-0.2, 0) is 11.3 Å². The van der Waals surface area contributed by atoms with Crippen LogP contribution in [0.15, 0.2) is 12.4 Å². The van der Waals surface area contributed by atoms with Crippen molar-refractivity contribution in [3.63, 3.8) is 0 Å². The van der Waals surface area contributed by atoms with Gasteiger partial charge in [-0.05, 0) is 26.7 Å². The van der Waals surface area contributed by atoms with Crippen LogP contribution in [-0.4, -0.2) is 27.1 Å². The fraction of sp³-hybridized carbons (Fsp3) is 0.769. The molecular formula is C13H24N2O2. The molecule has 98 valence electrons. The van der Waals surface area contributed by atoms with Gasteiger partial charge < -0.3 is 9.84 Å². The SMILES string of the molecule is CCCn1cc(C(O)C(C)(CC)OCC)cn1. The Kier molecular flexibility index (Phi) is 5.15. The zero-order valence-electron chi connectivity index (χ0n) is 11.3. The molecule has 0 saturated carbocycles. The fourth-order valence-electron chi connectivity index (χ4n) is 1.93. The number of aliphatic hydroxyl groups excluding tert-OH is 1. The highest BCUT2D eigenvalue weighted by Gasteiger charge is 2.33. The Balaban J connectivity index is 2.81. The molecule has 2 unspecified atom stereocenters. The topological polar surface area (TPSA) is 47.3 Å². The minimum atomic E-state index is -0.627. The van der Waals surface area contributed by atoms with E-state index in [4.69, 9.17) is 4.74 Å².